The first kappa shape index (κ1) is 12.9. The van der Waals surface area contributed by atoms with Gasteiger partial charge in [-0.25, -0.2) is 4.98 Å². The Balaban J connectivity index is 1.79. The molecule has 0 aliphatic rings. The number of carbonyl (C=O) groups is 1. The van der Waals surface area contributed by atoms with Gasteiger partial charge in [0.2, 0.25) is 0 Å². The van der Waals surface area contributed by atoms with Crippen molar-refractivity contribution in [1.29, 1.82) is 0 Å². The number of aromatic nitrogens is 1. The fourth-order valence-corrected chi connectivity index (χ4v) is 2.43. The molecular formula is C14H16N2OS. The summed E-state index contributed by atoms with van der Waals surface area (Å²) in [6, 6.07) is 9.82. The van der Waals surface area contributed by atoms with Crippen LogP contribution in [0.25, 0.3) is 0 Å². The minimum absolute atomic E-state index is 0.0635. The highest BCUT2D eigenvalue weighted by atomic mass is 32.1. The molecule has 0 radical (unpaired) electrons. The zero-order chi connectivity index (χ0) is 12.8. The summed E-state index contributed by atoms with van der Waals surface area (Å²) in [4.78, 5) is 15.9. The van der Waals surface area contributed by atoms with Gasteiger partial charge in [0.15, 0.2) is 0 Å². The van der Waals surface area contributed by atoms with Crippen molar-refractivity contribution < 1.29 is 4.79 Å². The van der Waals surface area contributed by atoms with Gasteiger partial charge in [0, 0.05) is 24.0 Å². The molecule has 3 nitrogen and oxygen atoms in total. The Morgan fingerprint density at radius 1 is 1.33 bits per heavy atom. The van der Waals surface area contributed by atoms with E-state index < -0.39 is 0 Å². The maximum absolute atomic E-state index is 11.8. The first-order chi connectivity index (χ1) is 8.75. The quantitative estimate of drug-likeness (QED) is 0.868. The van der Waals surface area contributed by atoms with E-state index in [9.17, 15) is 4.79 Å². The molecule has 1 unspecified atom stereocenters. The largest absolute Gasteiger partial charge is 0.324 e. The lowest BCUT2D eigenvalue weighted by molar-refractivity contribution is -0.118. The molecular weight excluding hydrogens is 244 g/mol. The third-order valence-corrected chi connectivity index (χ3v) is 3.57. The van der Waals surface area contributed by atoms with Gasteiger partial charge in [-0.15, -0.1) is 11.3 Å². The Morgan fingerprint density at radius 3 is 2.78 bits per heavy atom. The molecule has 0 aliphatic heterocycles. The molecule has 0 saturated carbocycles. The van der Waals surface area contributed by atoms with E-state index >= 15 is 0 Å². The fourth-order valence-electron chi connectivity index (χ4n) is 1.78. The van der Waals surface area contributed by atoms with Gasteiger partial charge in [-0.05, 0) is 12.0 Å². The summed E-state index contributed by atoms with van der Waals surface area (Å²) >= 11 is 1.52. The lowest BCUT2D eigenvalue weighted by Gasteiger charge is -2.10. The average molecular weight is 260 g/mol. The molecule has 4 heteroatoms. The minimum Gasteiger partial charge on any atom is -0.324 e. The van der Waals surface area contributed by atoms with Crippen LogP contribution in [-0.2, 0) is 11.2 Å². The summed E-state index contributed by atoms with van der Waals surface area (Å²) in [7, 11) is 0. The van der Waals surface area contributed by atoms with Gasteiger partial charge in [-0.1, -0.05) is 30.3 Å². The van der Waals surface area contributed by atoms with E-state index in [0.717, 1.165) is 10.6 Å². The van der Waals surface area contributed by atoms with Crippen molar-refractivity contribution in [2.75, 3.05) is 0 Å². The normalized spacial score (nSPS) is 12.3. The fraction of sp³-hybridized carbons (Fsp3) is 0.286. The molecule has 0 aliphatic carbocycles. The van der Waals surface area contributed by atoms with Gasteiger partial charge >= 0.3 is 0 Å². The van der Waals surface area contributed by atoms with Gasteiger partial charge < -0.3 is 5.73 Å². The topological polar surface area (TPSA) is 56.0 Å². The molecule has 0 fully saturated rings. The number of nitrogens with two attached hydrogens (primary N) is 1. The van der Waals surface area contributed by atoms with Crippen LogP contribution in [0.3, 0.4) is 0 Å². The molecule has 2 N–H and O–H groups in total. The van der Waals surface area contributed by atoms with E-state index in [1.807, 2.05) is 35.7 Å². The van der Waals surface area contributed by atoms with Gasteiger partial charge in [0.25, 0.3) is 0 Å². The number of benzene rings is 1. The van der Waals surface area contributed by atoms with Gasteiger partial charge in [-0.2, -0.15) is 0 Å². The highest BCUT2D eigenvalue weighted by Gasteiger charge is 2.10. The number of nitrogens with zero attached hydrogens (tertiary/aromatic N) is 1. The van der Waals surface area contributed by atoms with Crippen LogP contribution in [0.5, 0.6) is 0 Å². The van der Waals surface area contributed by atoms with Gasteiger partial charge in [-0.3, -0.25) is 4.79 Å². The molecule has 0 spiro atoms. The highest BCUT2D eigenvalue weighted by Crippen LogP contribution is 2.16. The monoisotopic (exact) mass is 260 g/mol. The Morgan fingerprint density at radius 2 is 2.11 bits per heavy atom. The van der Waals surface area contributed by atoms with Crippen LogP contribution in [0.1, 0.15) is 29.5 Å². The van der Waals surface area contributed by atoms with Crippen molar-refractivity contribution in [2.24, 2.45) is 5.73 Å². The molecule has 1 atom stereocenters. The number of rotatable bonds is 6. The predicted octanol–water partition coefficient (Wildman–Crippen LogP) is 2.73. The molecule has 1 heterocycles. The van der Waals surface area contributed by atoms with Crippen molar-refractivity contribution in [3.63, 3.8) is 0 Å². The number of hydrogen-bond acceptors (Lipinski definition) is 4. The van der Waals surface area contributed by atoms with Gasteiger partial charge in [0.05, 0.1) is 11.4 Å². The molecule has 0 amide bonds. The summed E-state index contributed by atoms with van der Waals surface area (Å²) in [5.74, 6) is 0.205. The zero-order valence-electron chi connectivity index (χ0n) is 10.1. The Kier molecular flexibility index (Phi) is 4.61. The van der Waals surface area contributed by atoms with Crippen molar-refractivity contribution in [1.82, 2.24) is 4.98 Å². The van der Waals surface area contributed by atoms with E-state index in [1.165, 1.54) is 11.3 Å². The summed E-state index contributed by atoms with van der Waals surface area (Å²) in [5, 5.41) is 2.77. The van der Waals surface area contributed by atoms with Crippen LogP contribution >= 0.6 is 11.3 Å². The second-order valence-corrected chi connectivity index (χ2v) is 5.18. The van der Waals surface area contributed by atoms with Crippen LogP contribution in [0.4, 0.5) is 0 Å². The number of hydrogen-bond donors (Lipinski definition) is 1. The van der Waals surface area contributed by atoms with Crippen molar-refractivity contribution in [3.05, 3.63) is 52.5 Å². The third-order valence-electron chi connectivity index (χ3n) is 2.79. The first-order valence-electron chi connectivity index (χ1n) is 5.96. The number of Topliss-reactive ketones (excluding diaryl/α,β-unsaturated/α-hetero) is 1. The van der Waals surface area contributed by atoms with E-state index in [1.54, 1.807) is 6.20 Å². The van der Waals surface area contributed by atoms with E-state index in [0.29, 0.717) is 19.3 Å². The van der Waals surface area contributed by atoms with Crippen molar-refractivity contribution >= 4 is 17.1 Å². The molecule has 94 valence electrons. The van der Waals surface area contributed by atoms with E-state index in [-0.39, 0.29) is 11.8 Å². The van der Waals surface area contributed by atoms with Crippen molar-refractivity contribution in [3.8, 4) is 0 Å². The molecule has 18 heavy (non-hydrogen) atoms. The van der Waals surface area contributed by atoms with Crippen LogP contribution in [0.2, 0.25) is 0 Å². The SMILES string of the molecule is NC(CCC(=O)Cc1nccs1)c1ccccc1. The summed E-state index contributed by atoms with van der Waals surface area (Å²) in [5.41, 5.74) is 7.13. The summed E-state index contributed by atoms with van der Waals surface area (Å²) < 4.78 is 0. The maximum Gasteiger partial charge on any atom is 0.139 e. The Labute approximate surface area is 111 Å². The summed E-state index contributed by atoms with van der Waals surface area (Å²) in [6.45, 7) is 0. The standard InChI is InChI=1S/C14H16N2OS/c15-13(11-4-2-1-3-5-11)7-6-12(17)10-14-16-8-9-18-14/h1-5,8-9,13H,6-7,10,15H2. The second-order valence-electron chi connectivity index (χ2n) is 4.20. The zero-order valence-corrected chi connectivity index (χ0v) is 10.9. The smallest absolute Gasteiger partial charge is 0.139 e. The molecule has 2 aromatic rings. The highest BCUT2D eigenvalue weighted by molar-refractivity contribution is 7.09. The Hall–Kier alpha value is -1.52. The predicted molar refractivity (Wildman–Crippen MR) is 73.4 cm³/mol. The number of thiazole rings is 1. The number of carbonyl (C=O) groups excluding carboxylic acids is 1. The third kappa shape index (κ3) is 3.75. The first-order valence-corrected chi connectivity index (χ1v) is 6.84. The second kappa shape index (κ2) is 6.42. The Bertz CT molecular complexity index is 482. The van der Waals surface area contributed by atoms with Gasteiger partial charge in [0.1, 0.15) is 5.78 Å². The number of ketones is 1. The molecule has 1 aromatic heterocycles. The summed E-state index contributed by atoms with van der Waals surface area (Å²) in [6.07, 6.45) is 3.35. The lowest BCUT2D eigenvalue weighted by atomic mass is 10.0. The average Bonchev–Trinajstić information content (AvgIpc) is 2.90. The molecule has 2 rings (SSSR count). The van der Waals surface area contributed by atoms with Crippen LogP contribution < -0.4 is 5.73 Å². The van der Waals surface area contributed by atoms with Crippen LogP contribution in [0, 0.1) is 0 Å². The lowest BCUT2D eigenvalue weighted by Crippen LogP contribution is -2.13. The van der Waals surface area contributed by atoms with Crippen LogP contribution in [-0.4, -0.2) is 10.8 Å². The molecule has 0 saturated heterocycles. The molecule has 0 bridgehead atoms. The minimum atomic E-state index is -0.0635. The maximum atomic E-state index is 11.8. The van der Waals surface area contributed by atoms with E-state index in [4.69, 9.17) is 5.73 Å². The van der Waals surface area contributed by atoms with E-state index in [2.05, 4.69) is 4.98 Å². The van der Waals surface area contributed by atoms with Crippen molar-refractivity contribution in [2.45, 2.75) is 25.3 Å². The van der Waals surface area contributed by atoms with Crippen LogP contribution in [0.15, 0.2) is 41.9 Å². The molecule has 1 aromatic carbocycles.